The van der Waals surface area contributed by atoms with E-state index in [9.17, 15) is 22.0 Å². The molecule has 0 radical (unpaired) electrons. The van der Waals surface area contributed by atoms with Crippen LogP contribution in [-0.4, -0.2) is 31.7 Å². The zero-order valence-corrected chi connectivity index (χ0v) is 10.9. The molecule has 0 saturated heterocycles. The van der Waals surface area contributed by atoms with Crippen LogP contribution in [0.5, 0.6) is 5.75 Å². The van der Waals surface area contributed by atoms with Gasteiger partial charge >= 0.3 is 12.7 Å². The standard InChI is InChI=1S/C10H11F2NO6S/c1-6(19-13-10(14)15)20(16,17)8-5-3-2-4-7(8)18-9(11)12/h2-6,9,13H,1H3,(H,14,15). The maximum absolute atomic E-state index is 12.2. The SMILES string of the molecule is CC(ONC(=O)O)S(=O)(=O)c1ccccc1OC(F)F. The number of para-hydroxylation sites is 1. The minimum Gasteiger partial charge on any atom is -0.464 e. The second-order valence-electron chi connectivity index (χ2n) is 3.46. The van der Waals surface area contributed by atoms with Crippen molar-refractivity contribution in [3.05, 3.63) is 24.3 Å². The number of alkyl halides is 2. The number of amides is 1. The number of hydroxylamine groups is 1. The maximum atomic E-state index is 12.2. The fraction of sp³-hybridized carbons (Fsp3) is 0.300. The number of halogens is 2. The lowest BCUT2D eigenvalue weighted by molar-refractivity contribution is -0.0518. The summed E-state index contributed by atoms with van der Waals surface area (Å²) in [6.07, 6.45) is -1.59. The van der Waals surface area contributed by atoms with Crippen LogP contribution >= 0.6 is 0 Å². The summed E-state index contributed by atoms with van der Waals surface area (Å²) in [4.78, 5) is 14.1. The van der Waals surface area contributed by atoms with Gasteiger partial charge in [-0.3, -0.25) is 4.84 Å². The van der Waals surface area contributed by atoms with Crippen LogP contribution in [0, 0.1) is 0 Å². The molecule has 7 nitrogen and oxygen atoms in total. The molecule has 0 aliphatic carbocycles. The van der Waals surface area contributed by atoms with Gasteiger partial charge in [-0.25, -0.2) is 13.2 Å². The highest BCUT2D eigenvalue weighted by Gasteiger charge is 2.29. The zero-order chi connectivity index (χ0) is 15.3. The Labute approximate surface area is 113 Å². The first kappa shape index (κ1) is 16.1. The Morgan fingerprint density at radius 3 is 2.50 bits per heavy atom. The smallest absolute Gasteiger partial charge is 0.428 e. The molecule has 112 valence electrons. The lowest BCUT2D eigenvalue weighted by Gasteiger charge is -2.15. The first-order chi connectivity index (χ1) is 9.25. The van der Waals surface area contributed by atoms with Crippen molar-refractivity contribution < 1.29 is 36.7 Å². The van der Waals surface area contributed by atoms with Crippen molar-refractivity contribution in [1.82, 2.24) is 5.48 Å². The van der Waals surface area contributed by atoms with Gasteiger partial charge in [-0.05, 0) is 19.1 Å². The number of sulfone groups is 1. The third-order valence-corrected chi connectivity index (χ3v) is 4.04. The number of benzene rings is 1. The zero-order valence-electron chi connectivity index (χ0n) is 10.1. The molecule has 0 aliphatic heterocycles. The average Bonchev–Trinajstić information content (AvgIpc) is 2.35. The Morgan fingerprint density at radius 2 is 1.95 bits per heavy atom. The highest BCUT2D eigenvalue weighted by atomic mass is 32.2. The Balaban J connectivity index is 3.05. The molecule has 0 spiro atoms. The number of ether oxygens (including phenoxy) is 1. The van der Waals surface area contributed by atoms with E-state index in [2.05, 4.69) is 9.57 Å². The van der Waals surface area contributed by atoms with Crippen molar-refractivity contribution in [3.63, 3.8) is 0 Å². The third-order valence-electron chi connectivity index (χ3n) is 2.12. The minimum absolute atomic E-state index is 0.528. The van der Waals surface area contributed by atoms with E-state index in [1.807, 2.05) is 0 Å². The van der Waals surface area contributed by atoms with Crippen molar-refractivity contribution in [2.24, 2.45) is 0 Å². The molecule has 1 unspecified atom stereocenters. The van der Waals surface area contributed by atoms with E-state index in [1.165, 1.54) is 17.6 Å². The molecule has 1 aromatic carbocycles. The van der Waals surface area contributed by atoms with E-state index in [4.69, 9.17) is 5.11 Å². The van der Waals surface area contributed by atoms with Crippen LogP contribution in [0.25, 0.3) is 0 Å². The molecule has 2 N–H and O–H groups in total. The molecule has 1 atom stereocenters. The lowest BCUT2D eigenvalue weighted by atomic mass is 10.3. The molecule has 1 rings (SSSR count). The number of hydrogen-bond donors (Lipinski definition) is 2. The van der Waals surface area contributed by atoms with Crippen molar-refractivity contribution in [2.75, 3.05) is 0 Å². The van der Waals surface area contributed by atoms with E-state index in [0.717, 1.165) is 19.1 Å². The van der Waals surface area contributed by atoms with Crippen LogP contribution in [0.4, 0.5) is 13.6 Å². The number of carboxylic acid groups (broad SMARTS) is 1. The Kier molecular flexibility index (Phi) is 5.22. The van der Waals surface area contributed by atoms with Gasteiger partial charge in [0.25, 0.3) is 0 Å². The van der Waals surface area contributed by atoms with Gasteiger partial charge in [0.2, 0.25) is 9.84 Å². The fourth-order valence-electron chi connectivity index (χ4n) is 1.25. The van der Waals surface area contributed by atoms with E-state index >= 15 is 0 Å². The van der Waals surface area contributed by atoms with Gasteiger partial charge in [0, 0.05) is 0 Å². The molecule has 0 heterocycles. The molecular formula is C10H11F2NO6S. The third kappa shape index (κ3) is 4.03. The first-order valence-corrected chi connectivity index (χ1v) is 6.72. The molecule has 1 amide bonds. The molecule has 0 aromatic heterocycles. The van der Waals surface area contributed by atoms with Gasteiger partial charge in [0.15, 0.2) is 5.44 Å². The van der Waals surface area contributed by atoms with Crippen molar-refractivity contribution in [2.45, 2.75) is 23.9 Å². The summed E-state index contributed by atoms with van der Waals surface area (Å²) in [6.45, 7) is -2.15. The maximum Gasteiger partial charge on any atom is 0.428 e. The lowest BCUT2D eigenvalue weighted by Crippen LogP contribution is -2.31. The largest absolute Gasteiger partial charge is 0.464 e. The molecule has 10 heteroatoms. The molecule has 1 aromatic rings. The number of rotatable bonds is 6. The normalized spacial score (nSPS) is 13.0. The van der Waals surface area contributed by atoms with Crippen LogP contribution in [0.1, 0.15) is 6.92 Å². The highest BCUT2D eigenvalue weighted by Crippen LogP contribution is 2.28. The number of nitrogens with one attached hydrogen (secondary N) is 1. The van der Waals surface area contributed by atoms with Gasteiger partial charge in [0.1, 0.15) is 10.6 Å². The Bertz CT molecular complexity index is 577. The topological polar surface area (TPSA) is 102 Å². The second kappa shape index (κ2) is 6.48. The van der Waals surface area contributed by atoms with Crippen LogP contribution in [-0.2, 0) is 14.7 Å². The van der Waals surface area contributed by atoms with Crippen molar-refractivity contribution >= 4 is 15.9 Å². The summed E-state index contributed by atoms with van der Waals surface area (Å²) < 4.78 is 52.6. The van der Waals surface area contributed by atoms with Gasteiger partial charge in [0.05, 0.1) is 0 Å². The summed E-state index contributed by atoms with van der Waals surface area (Å²) in [5.74, 6) is -0.548. The second-order valence-corrected chi connectivity index (χ2v) is 5.66. The van der Waals surface area contributed by atoms with Crippen LogP contribution < -0.4 is 10.2 Å². The van der Waals surface area contributed by atoms with E-state index in [1.54, 1.807) is 0 Å². The van der Waals surface area contributed by atoms with Crippen LogP contribution in [0.15, 0.2) is 29.2 Å². The van der Waals surface area contributed by atoms with Crippen LogP contribution in [0.2, 0.25) is 0 Å². The molecule has 0 saturated carbocycles. The van der Waals surface area contributed by atoms with Crippen molar-refractivity contribution in [3.8, 4) is 5.75 Å². The minimum atomic E-state index is -4.22. The molecular weight excluding hydrogens is 300 g/mol. The predicted octanol–water partition coefficient (Wildman–Crippen LogP) is 1.61. The highest BCUT2D eigenvalue weighted by molar-refractivity contribution is 7.92. The molecule has 0 aliphatic rings. The summed E-state index contributed by atoms with van der Waals surface area (Å²) in [7, 11) is -4.22. The molecule has 0 fully saturated rings. The quantitative estimate of drug-likeness (QED) is 0.774. The summed E-state index contributed by atoms with van der Waals surface area (Å²) >= 11 is 0. The molecule has 0 bridgehead atoms. The summed E-state index contributed by atoms with van der Waals surface area (Å²) in [5.41, 5.74) is -0.194. The first-order valence-electron chi connectivity index (χ1n) is 5.17. The summed E-state index contributed by atoms with van der Waals surface area (Å²) in [5, 5.41) is 8.32. The van der Waals surface area contributed by atoms with Crippen LogP contribution in [0.3, 0.4) is 0 Å². The predicted molar refractivity (Wildman–Crippen MR) is 62.0 cm³/mol. The van der Waals surface area contributed by atoms with E-state index in [-0.39, 0.29) is 0 Å². The molecule has 20 heavy (non-hydrogen) atoms. The van der Waals surface area contributed by atoms with E-state index in [0.29, 0.717) is 0 Å². The average molecular weight is 311 g/mol. The summed E-state index contributed by atoms with van der Waals surface area (Å²) in [6, 6.07) is 4.73. The Hall–Kier alpha value is -1.94. The number of hydrogen-bond acceptors (Lipinski definition) is 5. The number of carbonyl (C=O) groups is 1. The van der Waals surface area contributed by atoms with Gasteiger partial charge in [-0.2, -0.15) is 14.3 Å². The van der Waals surface area contributed by atoms with Gasteiger partial charge in [-0.15, -0.1) is 0 Å². The van der Waals surface area contributed by atoms with Gasteiger partial charge < -0.3 is 9.84 Å². The fourth-order valence-corrected chi connectivity index (χ4v) is 2.45. The van der Waals surface area contributed by atoms with Crippen molar-refractivity contribution in [1.29, 1.82) is 0 Å². The van der Waals surface area contributed by atoms with Gasteiger partial charge in [-0.1, -0.05) is 12.1 Å². The monoisotopic (exact) mass is 311 g/mol. The van der Waals surface area contributed by atoms with E-state index < -0.39 is 38.6 Å². The Morgan fingerprint density at radius 1 is 1.35 bits per heavy atom.